The number of benzene rings is 2. The maximum absolute atomic E-state index is 13.5. The Kier molecular flexibility index (Phi) is 6.84. The van der Waals surface area contributed by atoms with Crippen molar-refractivity contribution in [1.29, 1.82) is 0 Å². The first-order valence-corrected chi connectivity index (χ1v) is 7.75. The van der Waals surface area contributed by atoms with Gasteiger partial charge >= 0.3 is 0 Å². The molecule has 0 spiro atoms. The second kappa shape index (κ2) is 8.86. The molecule has 24 heavy (non-hydrogen) atoms. The second-order valence-electron chi connectivity index (χ2n) is 5.48. The number of nitrogens with zero attached hydrogens (tertiary/aromatic N) is 1. The molecular weight excluding hydrogens is 420 g/mol. The van der Waals surface area contributed by atoms with Gasteiger partial charge in [-0.3, -0.25) is 4.99 Å². The number of hydrogen-bond acceptors (Lipinski definition) is 2. The van der Waals surface area contributed by atoms with Crippen LogP contribution < -0.4 is 15.8 Å². The van der Waals surface area contributed by atoms with E-state index in [0.717, 1.165) is 17.7 Å². The lowest BCUT2D eigenvalue weighted by molar-refractivity contribution is 0.262. The van der Waals surface area contributed by atoms with Crippen molar-refractivity contribution >= 4 is 29.9 Å². The van der Waals surface area contributed by atoms with E-state index in [-0.39, 0.29) is 35.8 Å². The maximum Gasteiger partial charge on any atom is 0.189 e. The summed E-state index contributed by atoms with van der Waals surface area (Å²) >= 11 is 0. The summed E-state index contributed by atoms with van der Waals surface area (Å²) in [4.78, 5) is 4.30. The Morgan fingerprint density at radius 3 is 2.79 bits per heavy atom. The van der Waals surface area contributed by atoms with Gasteiger partial charge in [0.25, 0.3) is 0 Å². The molecule has 3 rings (SSSR count). The molecule has 2 aromatic rings. The Morgan fingerprint density at radius 1 is 1.21 bits per heavy atom. The van der Waals surface area contributed by atoms with Gasteiger partial charge in [0.1, 0.15) is 11.6 Å². The Balaban J connectivity index is 0.00000208. The van der Waals surface area contributed by atoms with Gasteiger partial charge in [-0.25, -0.2) is 4.39 Å². The molecule has 1 aliphatic heterocycles. The van der Waals surface area contributed by atoms with Gasteiger partial charge in [-0.1, -0.05) is 36.4 Å². The molecule has 0 amide bonds. The van der Waals surface area contributed by atoms with E-state index in [1.54, 1.807) is 12.1 Å². The molecule has 0 fully saturated rings. The molecule has 1 unspecified atom stereocenters. The number of aliphatic imine (C=N–C) groups is 1. The third-order valence-corrected chi connectivity index (χ3v) is 3.90. The van der Waals surface area contributed by atoms with Crippen molar-refractivity contribution in [3.05, 3.63) is 65.5 Å². The summed E-state index contributed by atoms with van der Waals surface area (Å²) < 4.78 is 19.2. The van der Waals surface area contributed by atoms with Gasteiger partial charge in [0.05, 0.1) is 12.6 Å². The highest BCUT2D eigenvalue weighted by molar-refractivity contribution is 14.0. The molecule has 1 atom stereocenters. The number of fused-ring (bicyclic) bond motifs is 1. The van der Waals surface area contributed by atoms with Gasteiger partial charge in [0.15, 0.2) is 5.96 Å². The standard InChI is InChI=1S/C18H20FN3O.HI/c19-15-7-3-1-5-13(15)9-11-21-18(20)22-16-10-12-23-17-8-4-2-6-14(16)17;/h1-8,16H,9-12H2,(H3,20,21,22);1H. The number of ether oxygens (including phenoxy) is 1. The van der Waals surface area contributed by atoms with Crippen molar-refractivity contribution in [2.24, 2.45) is 10.7 Å². The van der Waals surface area contributed by atoms with Crippen molar-refractivity contribution in [3.8, 4) is 5.75 Å². The van der Waals surface area contributed by atoms with E-state index in [9.17, 15) is 4.39 Å². The second-order valence-corrected chi connectivity index (χ2v) is 5.48. The molecule has 0 radical (unpaired) electrons. The van der Waals surface area contributed by atoms with E-state index in [1.807, 2.05) is 30.3 Å². The van der Waals surface area contributed by atoms with Crippen molar-refractivity contribution in [2.45, 2.75) is 18.9 Å². The molecule has 4 nitrogen and oxygen atoms in total. The van der Waals surface area contributed by atoms with Gasteiger partial charge in [-0.15, -0.1) is 24.0 Å². The molecule has 0 aromatic heterocycles. The van der Waals surface area contributed by atoms with E-state index in [0.29, 0.717) is 31.1 Å². The number of nitrogens with one attached hydrogen (secondary N) is 1. The molecular formula is C18H21FIN3O. The molecule has 3 N–H and O–H groups in total. The first-order chi connectivity index (χ1) is 11.2. The van der Waals surface area contributed by atoms with Gasteiger partial charge in [0, 0.05) is 18.5 Å². The van der Waals surface area contributed by atoms with Crippen LogP contribution in [-0.2, 0) is 6.42 Å². The molecule has 128 valence electrons. The Bertz CT molecular complexity index is 708. The fourth-order valence-corrected chi connectivity index (χ4v) is 2.71. The first-order valence-electron chi connectivity index (χ1n) is 7.75. The summed E-state index contributed by atoms with van der Waals surface area (Å²) in [6, 6.07) is 14.7. The summed E-state index contributed by atoms with van der Waals surface area (Å²) in [7, 11) is 0. The zero-order valence-corrected chi connectivity index (χ0v) is 15.6. The Labute approximate surface area is 158 Å². The fourth-order valence-electron chi connectivity index (χ4n) is 2.71. The van der Waals surface area contributed by atoms with Crippen molar-refractivity contribution in [3.63, 3.8) is 0 Å². The predicted molar refractivity (Wildman–Crippen MR) is 104 cm³/mol. The zero-order valence-electron chi connectivity index (χ0n) is 13.2. The topological polar surface area (TPSA) is 59.6 Å². The summed E-state index contributed by atoms with van der Waals surface area (Å²) in [5, 5.41) is 3.23. The Hall–Kier alpha value is -1.83. The highest BCUT2D eigenvalue weighted by Crippen LogP contribution is 2.31. The van der Waals surface area contributed by atoms with Crippen LogP contribution >= 0.6 is 24.0 Å². The molecule has 2 aromatic carbocycles. The van der Waals surface area contributed by atoms with Crippen molar-refractivity contribution in [2.75, 3.05) is 13.2 Å². The van der Waals surface area contributed by atoms with E-state index >= 15 is 0 Å². The third kappa shape index (κ3) is 4.59. The molecule has 1 aliphatic rings. The zero-order chi connectivity index (χ0) is 16.1. The summed E-state index contributed by atoms with van der Waals surface area (Å²) in [5.74, 6) is 1.06. The molecule has 0 saturated carbocycles. The number of hydrogen-bond donors (Lipinski definition) is 2. The molecule has 1 heterocycles. The van der Waals surface area contributed by atoms with Gasteiger partial charge in [-0.05, 0) is 24.1 Å². The van der Waals surface area contributed by atoms with Crippen LogP contribution in [0.1, 0.15) is 23.6 Å². The average Bonchev–Trinajstić information content (AvgIpc) is 2.57. The van der Waals surface area contributed by atoms with Crippen LogP contribution in [0.3, 0.4) is 0 Å². The lowest BCUT2D eigenvalue weighted by Crippen LogP contribution is -2.37. The number of halogens is 2. The van der Waals surface area contributed by atoms with Crippen molar-refractivity contribution < 1.29 is 9.13 Å². The monoisotopic (exact) mass is 441 g/mol. The molecule has 0 bridgehead atoms. The Morgan fingerprint density at radius 2 is 1.96 bits per heavy atom. The number of rotatable bonds is 4. The minimum Gasteiger partial charge on any atom is -0.493 e. The van der Waals surface area contributed by atoms with Gasteiger partial charge in [-0.2, -0.15) is 0 Å². The number of nitrogens with two attached hydrogens (primary N) is 1. The van der Waals surface area contributed by atoms with Crippen LogP contribution in [0.4, 0.5) is 4.39 Å². The quantitative estimate of drug-likeness (QED) is 0.435. The van der Waals surface area contributed by atoms with Crippen molar-refractivity contribution in [1.82, 2.24) is 5.32 Å². The minimum absolute atomic E-state index is 0. The van der Waals surface area contributed by atoms with E-state index in [4.69, 9.17) is 10.5 Å². The van der Waals surface area contributed by atoms with Crippen LogP contribution in [0, 0.1) is 5.82 Å². The average molecular weight is 441 g/mol. The lowest BCUT2D eigenvalue weighted by Gasteiger charge is -2.26. The highest BCUT2D eigenvalue weighted by atomic mass is 127. The third-order valence-electron chi connectivity index (χ3n) is 3.90. The maximum atomic E-state index is 13.5. The summed E-state index contributed by atoms with van der Waals surface area (Å²) in [6.07, 6.45) is 1.36. The number of para-hydroxylation sites is 1. The summed E-state index contributed by atoms with van der Waals surface area (Å²) in [5.41, 5.74) is 7.71. The normalized spacial score (nSPS) is 16.5. The first kappa shape index (κ1) is 18.5. The van der Waals surface area contributed by atoms with E-state index < -0.39 is 0 Å². The molecule has 0 saturated heterocycles. The minimum atomic E-state index is -0.201. The molecule has 0 aliphatic carbocycles. The van der Waals surface area contributed by atoms with E-state index in [2.05, 4.69) is 10.3 Å². The smallest absolute Gasteiger partial charge is 0.189 e. The van der Waals surface area contributed by atoms with E-state index in [1.165, 1.54) is 6.07 Å². The van der Waals surface area contributed by atoms with Crippen LogP contribution in [-0.4, -0.2) is 19.1 Å². The number of guanidine groups is 1. The van der Waals surface area contributed by atoms with Crippen LogP contribution in [0.5, 0.6) is 5.75 Å². The predicted octanol–water partition coefficient (Wildman–Crippen LogP) is 3.41. The SMILES string of the molecule is I.NC(=NCCc1ccccc1F)NC1CCOc2ccccc21. The van der Waals surface area contributed by atoms with Crippen LogP contribution in [0.15, 0.2) is 53.5 Å². The highest BCUT2D eigenvalue weighted by Gasteiger charge is 2.21. The van der Waals surface area contributed by atoms with Crippen LogP contribution in [0.2, 0.25) is 0 Å². The van der Waals surface area contributed by atoms with Crippen LogP contribution in [0.25, 0.3) is 0 Å². The summed E-state index contributed by atoms with van der Waals surface area (Å²) in [6.45, 7) is 1.10. The van der Waals surface area contributed by atoms with Gasteiger partial charge < -0.3 is 15.8 Å². The lowest BCUT2D eigenvalue weighted by atomic mass is 10.0. The molecule has 6 heteroatoms. The fraction of sp³-hybridized carbons (Fsp3) is 0.278. The largest absolute Gasteiger partial charge is 0.493 e. The van der Waals surface area contributed by atoms with Gasteiger partial charge in [0.2, 0.25) is 0 Å².